The van der Waals surface area contributed by atoms with E-state index in [2.05, 4.69) is 6.07 Å². The van der Waals surface area contributed by atoms with Gasteiger partial charge in [0.2, 0.25) is 0 Å². The van der Waals surface area contributed by atoms with Gasteiger partial charge in [-0.15, -0.1) is 0 Å². The third-order valence-electron chi connectivity index (χ3n) is 1.78. The van der Waals surface area contributed by atoms with Crippen LogP contribution in [0.1, 0.15) is 0 Å². The zero-order chi connectivity index (χ0) is 9.97. The summed E-state index contributed by atoms with van der Waals surface area (Å²) < 4.78 is 5.10. The lowest BCUT2D eigenvalue weighted by atomic mass is 10.1. The Labute approximate surface area is 79.9 Å². The molecule has 1 heterocycles. The van der Waals surface area contributed by atoms with Gasteiger partial charge in [-0.25, -0.2) is 0 Å². The quantitative estimate of drug-likeness (QED) is 0.537. The van der Waals surface area contributed by atoms with Crippen LogP contribution in [-0.4, -0.2) is 4.92 Å². The first-order valence-electron chi connectivity index (χ1n) is 3.97. The first-order valence-corrected chi connectivity index (χ1v) is 3.97. The lowest BCUT2D eigenvalue weighted by Gasteiger charge is -1.95. The van der Waals surface area contributed by atoms with Gasteiger partial charge in [-0.2, -0.15) is 0 Å². The van der Waals surface area contributed by atoms with Gasteiger partial charge in [-0.05, 0) is 24.3 Å². The molecule has 0 saturated carbocycles. The Morgan fingerprint density at radius 1 is 1.43 bits per heavy atom. The third-order valence-corrected chi connectivity index (χ3v) is 1.78. The Balaban J connectivity index is 2.46. The van der Waals surface area contributed by atoms with Gasteiger partial charge >= 0.3 is 0 Å². The molecule has 0 aliphatic heterocycles. The molecule has 1 aromatic carbocycles. The minimum absolute atomic E-state index is 0.0372. The molecule has 0 bridgehead atoms. The summed E-state index contributed by atoms with van der Waals surface area (Å²) in [6.07, 6.45) is 1.52. The molecule has 0 aliphatic rings. The number of rotatable bonds is 2. The summed E-state index contributed by atoms with van der Waals surface area (Å²) in [4.78, 5) is 10.0. The molecular weight excluding hydrogens is 182 g/mol. The van der Waals surface area contributed by atoms with Crippen LogP contribution in [0.5, 0.6) is 0 Å². The second kappa shape index (κ2) is 3.33. The second-order valence-electron chi connectivity index (χ2n) is 2.69. The average Bonchev–Trinajstić information content (AvgIpc) is 2.71. The summed E-state index contributed by atoms with van der Waals surface area (Å²) in [7, 11) is 0. The van der Waals surface area contributed by atoms with E-state index in [0.717, 1.165) is 0 Å². The van der Waals surface area contributed by atoms with Crippen molar-refractivity contribution in [1.82, 2.24) is 0 Å². The highest BCUT2D eigenvalue weighted by atomic mass is 16.6. The Bertz CT molecular complexity index is 448. The van der Waals surface area contributed by atoms with Gasteiger partial charge in [-0.1, -0.05) is 0 Å². The van der Waals surface area contributed by atoms with Gasteiger partial charge in [0, 0.05) is 17.7 Å². The summed E-state index contributed by atoms with van der Waals surface area (Å²) in [6, 6.07) is 10.7. The summed E-state index contributed by atoms with van der Waals surface area (Å²) >= 11 is 0. The molecule has 2 rings (SSSR count). The van der Waals surface area contributed by atoms with Crippen LogP contribution in [0.15, 0.2) is 41.0 Å². The van der Waals surface area contributed by atoms with E-state index in [1.54, 1.807) is 12.1 Å². The van der Waals surface area contributed by atoms with Crippen LogP contribution >= 0.6 is 0 Å². The smallest absolute Gasteiger partial charge is 0.270 e. The van der Waals surface area contributed by atoms with Crippen molar-refractivity contribution in [2.24, 2.45) is 0 Å². The van der Waals surface area contributed by atoms with Gasteiger partial charge < -0.3 is 4.42 Å². The molecule has 0 fully saturated rings. The monoisotopic (exact) mass is 188 g/mol. The van der Waals surface area contributed by atoms with Crippen molar-refractivity contribution in [1.29, 1.82) is 0 Å². The molecule has 0 unspecified atom stereocenters. The molecule has 0 atom stereocenters. The summed E-state index contributed by atoms with van der Waals surface area (Å²) in [5.74, 6) is 0.578. The Kier molecular flexibility index (Phi) is 2.02. The van der Waals surface area contributed by atoms with Crippen molar-refractivity contribution in [2.45, 2.75) is 0 Å². The van der Waals surface area contributed by atoms with Crippen LogP contribution in [0.25, 0.3) is 11.3 Å². The fourth-order valence-corrected chi connectivity index (χ4v) is 1.14. The minimum atomic E-state index is -0.444. The molecule has 69 valence electrons. The molecule has 2 aromatic rings. The third kappa shape index (κ3) is 1.50. The van der Waals surface area contributed by atoms with E-state index in [0.29, 0.717) is 11.3 Å². The molecule has 14 heavy (non-hydrogen) atoms. The largest absolute Gasteiger partial charge is 0.464 e. The molecule has 1 aromatic heterocycles. The van der Waals surface area contributed by atoms with E-state index in [9.17, 15) is 10.1 Å². The average molecular weight is 188 g/mol. The normalized spacial score (nSPS) is 10.0. The number of hydrogen-bond acceptors (Lipinski definition) is 3. The van der Waals surface area contributed by atoms with E-state index in [1.807, 2.05) is 0 Å². The molecule has 0 spiro atoms. The maximum Gasteiger partial charge on any atom is 0.270 e. The van der Waals surface area contributed by atoms with E-state index in [-0.39, 0.29) is 5.69 Å². The molecule has 0 amide bonds. The highest BCUT2D eigenvalue weighted by Gasteiger charge is 2.08. The fraction of sp³-hybridized carbons (Fsp3) is 0. The van der Waals surface area contributed by atoms with Crippen LogP contribution in [0.3, 0.4) is 0 Å². The summed E-state index contributed by atoms with van der Waals surface area (Å²) in [5.41, 5.74) is 0.624. The molecule has 1 radical (unpaired) electrons. The minimum Gasteiger partial charge on any atom is -0.464 e. The zero-order valence-corrected chi connectivity index (χ0v) is 7.14. The van der Waals surface area contributed by atoms with Gasteiger partial charge in [0.25, 0.3) is 5.69 Å². The van der Waals surface area contributed by atoms with Crippen LogP contribution in [0.4, 0.5) is 5.69 Å². The van der Waals surface area contributed by atoms with Crippen molar-refractivity contribution in [3.05, 3.63) is 52.8 Å². The zero-order valence-electron chi connectivity index (χ0n) is 7.14. The maximum absolute atomic E-state index is 10.5. The van der Waals surface area contributed by atoms with E-state index < -0.39 is 4.92 Å². The van der Waals surface area contributed by atoms with Crippen LogP contribution in [0, 0.1) is 16.2 Å². The van der Waals surface area contributed by atoms with Crippen LogP contribution in [0.2, 0.25) is 0 Å². The van der Waals surface area contributed by atoms with Crippen molar-refractivity contribution in [3.63, 3.8) is 0 Å². The predicted molar refractivity (Wildman–Crippen MR) is 49.6 cm³/mol. The number of furan rings is 1. The van der Waals surface area contributed by atoms with E-state index in [4.69, 9.17) is 4.42 Å². The lowest BCUT2D eigenvalue weighted by Crippen LogP contribution is -1.87. The standard InChI is InChI=1S/C10H6NO3/c12-11(13)9-4-1-3-8(7-9)10-5-2-6-14-10/h1-2,4-7H. The second-order valence-corrected chi connectivity index (χ2v) is 2.69. The van der Waals surface area contributed by atoms with Crippen LogP contribution in [-0.2, 0) is 0 Å². The highest BCUT2D eigenvalue weighted by molar-refractivity contribution is 5.59. The van der Waals surface area contributed by atoms with Crippen molar-refractivity contribution < 1.29 is 9.34 Å². The highest BCUT2D eigenvalue weighted by Crippen LogP contribution is 2.23. The topological polar surface area (TPSA) is 56.3 Å². The molecule has 0 saturated heterocycles. The number of hydrogen-bond donors (Lipinski definition) is 0. The van der Waals surface area contributed by atoms with Gasteiger partial charge in [-0.3, -0.25) is 10.1 Å². The van der Waals surface area contributed by atoms with Gasteiger partial charge in [0.05, 0.1) is 11.2 Å². The maximum atomic E-state index is 10.5. The first kappa shape index (κ1) is 8.50. The Hall–Kier alpha value is -2.10. The number of nitrogens with zero attached hydrogens (tertiary/aromatic N) is 1. The number of benzene rings is 1. The first-order chi connectivity index (χ1) is 6.77. The Morgan fingerprint density at radius 3 is 2.93 bits per heavy atom. The lowest BCUT2D eigenvalue weighted by molar-refractivity contribution is -0.384. The van der Waals surface area contributed by atoms with E-state index >= 15 is 0 Å². The number of non-ortho nitro benzene ring substituents is 1. The fourth-order valence-electron chi connectivity index (χ4n) is 1.14. The number of nitro groups is 1. The molecule has 0 aliphatic carbocycles. The molecule has 4 nitrogen and oxygen atoms in total. The van der Waals surface area contributed by atoms with E-state index in [1.165, 1.54) is 24.5 Å². The Morgan fingerprint density at radius 2 is 2.29 bits per heavy atom. The van der Waals surface area contributed by atoms with Crippen molar-refractivity contribution in [2.75, 3.05) is 0 Å². The summed E-state index contributed by atoms with van der Waals surface area (Å²) in [6.45, 7) is 0. The summed E-state index contributed by atoms with van der Waals surface area (Å²) in [5, 5.41) is 10.5. The van der Waals surface area contributed by atoms with Gasteiger partial charge in [0.1, 0.15) is 5.76 Å². The molecule has 4 heteroatoms. The van der Waals surface area contributed by atoms with Gasteiger partial charge in [0.15, 0.2) is 0 Å². The predicted octanol–water partition coefficient (Wildman–Crippen LogP) is 2.65. The molecule has 0 N–H and O–H groups in total. The SMILES string of the molecule is O=[N+]([O-])c1cc[c]c(-c2ccco2)c1. The molecular formula is C10H6NO3. The van der Waals surface area contributed by atoms with Crippen molar-refractivity contribution >= 4 is 5.69 Å². The van der Waals surface area contributed by atoms with Crippen molar-refractivity contribution in [3.8, 4) is 11.3 Å². The number of nitro benzene ring substituents is 1. The van der Waals surface area contributed by atoms with Crippen LogP contribution < -0.4 is 0 Å².